The van der Waals surface area contributed by atoms with Crippen molar-refractivity contribution in [1.29, 1.82) is 0 Å². The van der Waals surface area contributed by atoms with E-state index >= 15 is 0 Å². The molecular formula is C13H11ClF3N3O. The maximum atomic E-state index is 12.8. The monoisotopic (exact) mass is 317 g/mol. The summed E-state index contributed by atoms with van der Waals surface area (Å²) in [7, 11) is 0. The van der Waals surface area contributed by atoms with Crippen LogP contribution in [-0.4, -0.2) is 15.7 Å². The molecule has 0 unspecified atom stereocenters. The molecule has 1 N–H and O–H groups in total. The molecule has 0 aliphatic rings. The number of hydrogen-bond acceptors (Lipinski definition) is 2. The minimum atomic E-state index is -4.53. The fraction of sp³-hybridized carbons (Fsp3) is 0.231. The van der Waals surface area contributed by atoms with Crippen molar-refractivity contribution in [3.05, 3.63) is 46.7 Å². The van der Waals surface area contributed by atoms with Crippen LogP contribution in [0.4, 0.5) is 18.9 Å². The molecule has 0 aliphatic heterocycles. The zero-order chi connectivity index (χ0) is 15.6. The Hall–Kier alpha value is -2.02. The summed E-state index contributed by atoms with van der Waals surface area (Å²) in [6, 6.07) is 4.78. The molecule has 0 aliphatic carbocycles. The second-order valence-electron chi connectivity index (χ2n) is 4.35. The second-order valence-corrected chi connectivity index (χ2v) is 4.76. The average Bonchev–Trinajstić information content (AvgIpc) is 2.67. The minimum absolute atomic E-state index is 0.222. The molecule has 1 aromatic heterocycles. The first kappa shape index (κ1) is 15.4. The van der Waals surface area contributed by atoms with Gasteiger partial charge in [-0.15, -0.1) is 0 Å². The van der Waals surface area contributed by atoms with Gasteiger partial charge in [0, 0.05) is 6.20 Å². The van der Waals surface area contributed by atoms with Crippen LogP contribution in [0, 0.1) is 6.92 Å². The molecule has 0 saturated heterocycles. The number of aryl methyl sites for hydroxylation is 1. The summed E-state index contributed by atoms with van der Waals surface area (Å²) in [6.45, 7) is 1.44. The summed E-state index contributed by atoms with van der Waals surface area (Å²) in [4.78, 5) is 11.8. The summed E-state index contributed by atoms with van der Waals surface area (Å²) in [5.74, 6) is -0.620. The fourth-order valence-electron chi connectivity index (χ4n) is 1.75. The second kappa shape index (κ2) is 5.77. The number of rotatable bonds is 3. The first-order valence-corrected chi connectivity index (χ1v) is 6.31. The number of anilines is 1. The van der Waals surface area contributed by atoms with E-state index in [4.69, 9.17) is 11.6 Å². The van der Waals surface area contributed by atoms with Crippen LogP contribution in [-0.2, 0) is 17.5 Å². The number of hydrogen-bond donors (Lipinski definition) is 1. The van der Waals surface area contributed by atoms with Gasteiger partial charge in [0.1, 0.15) is 6.54 Å². The van der Waals surface area contributed by atoms with Crippen LogP contribution in [0.2, 0.25) is 5.02 Å². The Labute approximate surface area is 123 Å². The molecule has 1 aromatic carbocycles. The molecule has 0 saturated carbocycles. The highest BCUT2D eigenvalue weighted by Gasteiger charge is 2.33. The van der Waals surface area contributed by atoms with Crippen molar-refractivity contribution in [3.63, 3.8) is 0 Å². The molecular weight excluding hydrogens is 307 g/mol. The number of aromatic nitrogens is 2. The van der Waals surface area contributed by atoms with E-state index in [0.717, 1.165) is 6.07 Å². The van der Waals surface area contributed by atoms with Crippen molar-refractivity contribution in [2.45, 2.75) is 19.6 Å². The number of nitrogens with one attached hydrogen (secondary N) is 1. The van der Waals surface area contributed by atoms with Gasteiger partial charge in [-0.3, -0.25) is 9.48 Å². The highest BCUT2D eigenvalue weighted by molar-refractivity contribution is 6.31. The van der Waals surface area contributed by atoms with Gasteiger partial charge in [-0.05, 0) is 19.1 Å². The van der Waals surface area contributed by atoms with E-state index < -0.39 is 17.6 Å². The van der Waals surface area contributed by atoms with Gasteiger partial charge in [-0.25, -0.2) is 0 Å². The summed E-state index contributed by atoms with van der Waals surface area (Å²) in [5.41, 5.74) is -0.641. The quantitative estimate of drug-likeness (QED) is 0.941. The first-order valence-electron chi connectivity index (χ1n) is 5.93. The Morgan fingerprint density at radius 1 is 1.38 bits per heavy atom. The lowest BCUT2D eigenvalue weighted by atomic mass is 10.1. The molecule has 0 fully saturated rings. The van der Waals surface area contributed by atoms with Crippen molar-refractivity contribution in [3.8, 4) is 0 Å². The number of alkyl halides is 3. The normalized spacial score (nSPS) is 11.5. The van der Waals surface area contributed by atoms with E-state index in [1.807, 2.05) is 0 Å². The lowest BCUT2D eigenvalue weighted by molar-refractivity contribution is -0.137. The maximum absolute atomic E-state index is 12.8. The summed E-state index contributed by atoms with van der Waals surface area (Å²) < 4.78 is 39.7. The van der Waals surface area contributed by atoms with Crippen molar-refractivity contribution in [1.82, 2.24) is 9.78 Å². The number of amides is 1. The molecule has 0 spiro atoms. The van der Waals surface area contributed by atoms with E-state index in [9.17, 15) is 18.0 Å². The third-order valence-corrected chi connectivity index (χ3v) is 3.07. The predicted octanol–water partition coefficient (Wildman–Crippen LogP) is 3.50. The molecule has 0 bridgehead atoms. The number of benzene rings is 1. The van der Waals surface area contributed by atoms with Crippen LogP contribution >= 0.6 is 11.6 Å². The molecule has 4 nitrogen and oxygen atoms in total. The van der Waals surface area contributed by atoms with Gasteiger partial charge in [0.2, 0.25) is 5.91 Å². The molecule has 1 amide bonds. The van der Waals surface area contributed by atoms with Crippen LogP contribution in [0.25, 0.3) is 0 Å². The molecule has 2 rings (SSSR count). The number of carbonyl (C=O) groups excluding carboxylic acids is 1. The van der Waals surface area contributed by atoms with Crippen LogP contribution in [0.5, 0.6) is 0 Å². The Morgan fingerprint density at radius 2 is 2.05 bits per heavy atom. The van der Waals surface area contributed by atoms with Gasteiger partial charge in [0.05, 0.1) is 22.0 Å². The van der Waals surface area contributed by atoms with E-state index in [-0.39, 0.29) is 12.2 Å². The lowest BCUT2D eigenvalue weighted by Crippen LogP contribution is -2.21. The van der Waals surface area contributed by atoms with E-state index in [1.165, 1.54) is 29.1 Å². The van der Waals surface area contributed by atoms with Crippen molar-refractivity contribution >= 4 is 23.2 Å². The van der Waals surface area contributed by atoms with Crippen molar-refractivity contribution in [2.24, 2.45) is 0 Å². The third kappa shape index (κ3) is 3.75. The average molecular weight is 318 g/mol. The molecule has 2 aromatic rings. The number of halogens is 4. The highest BCUT2D eigenvalue weighted by atomic mass is 35.5. The van der Waals surface area contributed by atoms with Gasteiger partial charge < -0.3 is 5.32 Å². The number of nitrogens with zero attached hydrogens (tertiary/aromatic N) is 2. The van der Waals surface area contributed by atoms with Crippen molar-refractivity contribution in [2.75, 3.05) is 5.32 Å². The minimum Gasteiger partial charge on any atom is -0.324 e. The zero-order valence-corrected chi connectivity index (χ0v) is 11.7. The molecule has 8 heteroatoms. The lowest BCUT2D eigenvalue weighted by Gasteiger charge is -2.13. The Balaban J connectivity index is 2.13. The van der Waals surface area contributed by atoms with E-state index in [1.54, 1.807) is 6.92 Å². The van der Waals surface area contributed by atoms with E-state index in [2.05, 4.69) is 10.4 Å². The fourth-order valence-corrected chi connectivity index (χ4v) is 1.90. The molecule has 1 heterocycles. The Bertz CT molecular complexity index is 647. The summed E-state index contributed by atoms with van der Waals surface area (Å²) in [5, 5.41) is 6.58. The van der Waals surface area contributed by atoms with Crippen molar-refractivity contribution < 1.29 is 18.0 Å². The van der Waals surface area contributed by atoms with Crippen LogP contribution in [0.1, 0.15) is 11.3 Å². The SMILES string of the molecule is Cc1nn(CC(=O)Nc2ccccc2C(F)(F)F)cc1Cl. The summed E-state index contributed by atoms with van der Waals surface area (Å²) in [6.07, 6.45) is -3.10. The Kier molecular flexibility index (Phi) is 4.22. The van der Waals surface area contributed by atoms with Gasteiger partial charge in [0.25, 0.3) is 0 Å². The van der Waals surface area contributed by atoms with Gasteiger partial charge in [-0.2, -0.15) is 18.3 Å². The molecule has 112 valence electrons. The highest BCUT2D eigenvalue weighted by Crippen LogP contribution is 2.34. The smallest absolute Gasteiger partial charge is 0.324 e. The van der Waals surface area contributed by atoms with Crippen LogP contribution in [0.15, 0.2) is 30.5 Å². The number of carbonyl (C=O) groups is 1. The topological polar surface area (TPSA) is 46.9 Å². The number of para-hydroxylation sites is 1. The summed E-state index contributed by atoms with van der Waals surface area (Å²) >= 11 is 5.79. The maximum Gasteiger partial charge on any atom is 0.418 e. The van der Waals surface area contributed by atoms with Gasteiger partial charge in [-0.1, -0.05) is 23.7 Å². The predicted molar refractivity (Wildman–Crippen MR) is 72.0 cm³/mol. The standard InChI is InChI=1S/C13H11ClF3N3O/c1-8-10(14)6-20(19-8)7-12(21)18-11-5-3-2-4-9(11)13(15,16)17/h2-6H,7H2,1H3,(H,18,21). The first-order chi connectivity index (χ1) is 9.77. The van der Waals surface area contributed by atoms with Gasteiger partial charge >= 0.3 is 6.18 Å². The third-order valence-electron chi connectivity index (χ3n) is 2.70. The zero-order valence-electron chi connectivity index (χ0n) is 10.9. The molecule has 0 radical (unpaired) electrons. The molecule has 0 atom stereocenters. The van der Waals surface area contributed by atoms with Crippen LogP contribution < -0.4 is 5.32 Å². The van der Waals surface area contributed by atoms with E-state index in [0.29, 0.717) is 10.7 Å². The van der Waals surface area contributed by atoms with Crippen LogP contribution in [0.3, 0.4) is 0 Å². The largest absolute Gasteiger partial charge is 0.418 e. The van der Waals surface area contributed by atoms with Gasteiger partial charge in [0.15, 0.2) is 0 Å². The molecule has 21 heavy (non-hydrogen) atoms. The Morgan fingerprint density at radius 3 is 2.62 bits per heavy atom.